The molecular formula is C16H22N2OS. The number of nitrogens with one attached hydrogen (secondary N) is 1. The third-order valence-corrected chi connectivity index (χ3v) is 5.64. The van der Waals surface area contributed by atoms with E-state index in [0.717, 1.165) is 32.5 Å². The predicted octanol–water partition coefficient (Wildman–Crippen LogP) is 2.27. The van der Waals surface area contributed by atoms with Gasteiger partial charge in [0.1, 0.15) is 0 Å². The van der Waals surface area contributed by atoms with E-state index in [0.29, 0.717) is 12.3 Å². The highest BCUT2D eigenvalue weighted by molar-refractivity contribution is 8.00. The molecule has 3 rings (SSSR count). The first-order valence-corrected chi connectivity index (χ1v) is 8.47. The van der Waals surface area contributed by atoms with Crippen LogP contribution in [0.25, 0.3) is 0 Å². The highest BCUT2D eigenvalue weighted by atomic mass is 32.2. The van der Waals surface area contributed by atoms with Gasteiger partial charge >= 0.3 is 0 Å². The van der Waals surface area contributed by atoms with Crippen molar-refractivity contribution in [3.05, 3.63) is 35.9 Å². The molecule has 108 valence electrons. The van der Waals surface area contributed by atoms with Crippen molar-refractivity contribution in [1.29, 1.82) is 0 Å². The van der Waals surface area contributed by atoms with Crippen LogP contribution in [0.1, 0.15) is 24.8 Å². The third-order valence-electron chi connectivity index (χ3n) is 4.21. The average Bonchev–Trinajstić information content (AvgIpc) is 2.93. The van der Waals surface area contributed by atoms with Crippen LogP contribution in [0.2, 0.25) is 0 Å². The molecule has 4 heteroatoms. The molecule has 1 N–H and O–H groups in total. The largest absolute Gasteiger partial charge is 0.340 e. The smallest absolute Gasteiger partial charge is 0.222 e. The Kier molecular flexibility index (Phi) is 4.32. The quantitative estimate of drug-likeness (QED) is 0.927. The summed E-state index contributed by atoms with van der Waals surface area (Å²) in [4.78, 5) is 14.6. The maximum atomic E-state index is 12.4. The van der Waals surface area contributed by atoms with Crippen molar-refractivity contribution in [2.45, 2.75) is 30.6 Å². The van der Waals surface area contributed by atoms with E-state index >= 15 is 0 Å². The second-order valence-electron chi connectivity index (χ2n) is 5.67. The number of piperidine rings is 1. The zero-order valence-corrected chi connectivity index (χ0v) is 12.6. The lowest BCUT2D eigenvalue weighted by molar-refractivity contribution is -0.132. The number of carbonyl (C=O) groups is 1. The fourth-order valence-electron chi connectivity index (χ4n) is 3.13. The Morgan fingerprint density at radius 1 is 1.35 bits per heavy atom. The lowest BCUT2D eigenvalue weighted by atomic mass is 10.0. The van der Waals surface area contributed by atoms with E-state index in [-0.39, 0.29) is 4.87 Å². The molecule has 1 atom stereocenters. The molecule has 0 aromatic heterocycles. The van der Waals surface area contributed by atoms with Crippen molar-refractivity contribution in [2.24, 2.45) is 0 Å². The van der Waals surface area contributed by atoms with Crippen LogP contribution in [0, 0.1) is 0 Å². The molecule has 2 aliphatic heterocycles. The summed E-state index contributed by atoms with van der Waals surface area (Å²) in [6.07, 6.45) is 3.80. The monoisotopic (exact) mass is 290 g/mol. The molecule has 2 heterocycles. The molecule has 1 aromatic rings. The molecule has 2 fully saturated rings. The van der Waals surface area contributed by atoms with Crippen LogP contribution >= 0.6 is 11.8 Å². The summed E-state index contributed by atoms with van der Waals surface area (Å²) in [7, 11) is 0. The lowest BCUT2D eigenvalue weighted by Gasteiger charge is -2.40. The van der Waals surface area contributed by atoms with Crippen molar-refractivity contribution in [3.8, 4) is 0 Å². The number of amides is 1. The van der Waals surface area contributed by atoms with Gasteiger partial charge in [0.2, 0.25) is 5.91 Å². The number of aryl methyl sites for hydroxylation is 1. The van der Waals surface area contributed by atoms with Crippen molar-refractivity contribution in [2.75, 3.05) is 25.4 Å². The first-order chi connectivity index (χ1) is 9.77. The average molecular weight is 290 g/mol. The second kappa shape index (κ2) is 6.19. The maximum absolute atomic E-state index is 12.4. The molecule has 0 radical (unpaired) electrons. The highest BCUT2D eigenvalue weighted by Gasteiger charge is 2.39. The Morgan fingerprint density at radius 3 is 2.95 bits per heavy atom. The van der Waals surface area contributed by atoms with Gasteiger partial charge in [-0.15, -0.1) is 11.8 Å². The van der Waals surface area contributed by atoms with Crippen LogP contribution in [-0.4, -0.2) is 41.1 Å². The fourth-order valence-corrected chi connectivity index (χ4v) is 4.46. The molecule has 1 spiro atoms. The molecule has 0 aliphatic carbocycles. The van der Waals surface area contributed by atoms with Crippen molar-refractivity contribution in [3.63, 3.8) is 0 Å². The van der Waals surface area contributed by atoms with Crippen LogP contribution in [-0.2, 0) is 11.2 Å². The van der Waals surface area contributed by atoms with E-state index < -0.39 is 0 Å². The summed E-state index contributed by atoms with van der Waals surface area (Å²) in [5.74, 6) is 1.48. The van der Waals surface area contributed by atoms with Crippen LogP contribution in [0.15, 0.2) is 30.3 Å². The number of thioether (sulfide) groups is 1. The summed E-state index contributed by atoms with van der Waals surface area (Å²) in [6, 6.07) is 10.3. The molecule has 0 saturated carbocycles. The first-order valence-electron chi connectivity index (χ1n) is 7.48. The van der Waals surface area contributed by atoms with Gasteiger partial charge in [0.25, 0.3) is 0 Å². The van der Waals surface area contributed by atoms with Crippen LogP contribution in [0.4, 0.5) is 0 Å². The molecule has 1 amide bonds. The minimum absolute atomic E-state index is 0.153. The Morgan fingerprint density at radius 2 is 2.20 bits per heavy atom. The Labute approximate surface area is 125 Å². The van der Waals surface area contributed by atoms with Gasteiger partial charge in [-0.05, 0) is 24.8 Å². The van der Waals surface area contributed by atoms with Crippen LogP contribution in [0.5, 0.6) is 0 Å². The summed E-state index contributed by atoms with van der Waals surface area (Å²) in [5, 5.41) is 3.60. The molecule has 3 nitrogen and oxygen atoms in total. The van der Waals surface area contributed by atoms with Gasteiger partial charge in [0, 0.05) is 31.8 Å². The van der Waals surface area contributed by atoms with Crippen molar-refractivity contribution < 1.29 is 4.79 Å². The molecule has 20 heavy (non-hydrogen) atoms. The molecular weight excluding hydrogens is 268 g/mol. The molecule has 1 aromatic carbocycles. The summed E-state index contributed by atoms with van der Waals surface area (Å²) < 4.78 is 0. The zero-order chi connectivity index (χ0) is 13.8. The van der Waals surface area contributed by atoms with E-state index in [1.165, 1.54) is 17.7 Å². The van der Waals surface area contributed by atoms with E-state index in [1.807, 2.05) is 30.0 Å². The summed E-state index contributed by atoms with van der Waals surface area (Å²) in [5.41, 5.74) is 1.25. The minimum atomic E-state index is 0.153. The van der Waals surface area contributed by atoms with Gasteiger partial charge in [-0.25, -0.2) is 0 Å². The van der Waals surface area contributed by atoms with Crippen LogP contribution < -0.4 is 5.32 Å². The van der Waals surface area contributed by atoms with E-state index in [2.05, 4.69) is 22.3 Å². The fraction of sp³-hybridized carbons (Fsp3) is 0.562. The Bertz CT molecular complexity index is 457. The molecule has 2 saturated heterocycles. The standard InChI is InChI=1S/C16H22N2OS/c19-15(8-7-14-5-2-1-3-6-14)18-11-4-9-16(13-18)17-10-12-20-16/h1-3,5-6,17H,4,7-13H2. The highest BCUT2D eigenvalue weighted by Crippen LogP contribution is 2.35. The van der Waals surface area contributed by atoms with Crippen molar-refractivity contribution in [1.82, 2.24) is 10.2 Å². The third kappa shape index (κ3) is 3.18. The summed E-state index contributed by atoms with van der Waals surface area (Å²) >= 11 is 2.00. The SMILES string of the molecule is O=C(CCc1ccccc1)N1CCCC2(C1)NCCS2. The minimum Gasteiger partial charge on any atom is -0.340 e. The van der Waals surface area contributed by atoms with Gasteiger partial charge in [-0.3, -0.25) is 4.79 Å². The van der Waals surface area contributed by atoms with Crippen molar-refractivity contribution >= 4 is 17.7 Å². The van der Waals surface area contributed by atoms with Gasteiger partial charge < -0.3 is 10.2 Å². The molecule has 0 bridgehead atoms. The number of benzene rings is 1. The van der Waals surface area contributed by atoms with Crippen LogP contribution in [0.3, 0.4) is 0 Å². The van der Waals surface area contributed by atoms with E-state index in [4.69, 9.17) is 0 Å². The number of nitrogens with zero attached hydrogens (tertiary/aromatic N) is 1. The molecule has 2 aliphatic rings. The first kappa shape index (κ1) is 14.0. The van der Waals surface area contributed by atoms with Gasteiger partial charge in [-0.2, -0.15) is 0 Å². The normalized spacial score (nSPS) is 26.1. The maximum Gasteiger partial charge on any atom is 0.222 e. The number of carbonyl (C=O) groups excluding carboxylic acids is 1. The van der Waals surface area contributed by atoms with E-state index in [1.54, 1.807) is 0 Å². The zero-order valence-electron chi connectivity index (χ0n) is 11.8. The van der Waals surface area contributed by atoms with Gasteiger partial charge in [0.05, 0.1) is 4.87 Å². The second-order valence-corrected chi connectivity index (χ2v) is 7.15. The molecule has 1 unspecified atom stereocenters. The van der Waals surface area contributed by atoms with Gasteiger partial charge in [0.15, 0.2) is 0 Å². The Balaban J connectivity index is 1.54. The number of hydrogen-bond donors (Lipinski definition) is 1. The number of likely N-dealkylation sites (tertiary alicyclic amines) is 1. The summed E-state index contributed by atoms with van der Waals surface area (Å²) in [6.45, 7) is 2.89. The number of rotatable bonds is 3. The topological polar surface area (TPSA) is 32.3 Å². The lowest BCUT2D eigenvalue weighted by Crippen LogP contribution is -2.53. The number of hydrogen-bond acceptors (Lipinski definition) is 3. The van der Waals surface area contributed by atoms with E-state index in [9.17, 15) is 4.79 Å². The predicted molar refractivity (Wildman–Crippen MR) is 83.8 cm³/mol. The van der Waals surface area contributed by atoms with Gasteiger partial charge in [-0.1, -0.05) is 30.3 Å². The Hall–Kier alpha value is -1.00.